The molecule has 2 rings (SSSR count). The van der Waals surface area contributed by atoms with Gasteiger partial charge in [0.2, 0.25) is 0 Å². The summed E-state index contributed by atoms with van der Waals surface area (Å²) in [6.45, 7) is 2.02. The maximum Gasteiger partial charge on any atom is 0.266 e. The quantitative estimate of drug-likeness (QED) is 0.485. The molecule has 0 saturated heterocycles. The van der Waals surface area contributed by atoms with E-state index >= 15 is 0 Å². The van der Waals surface area contributed by atoms with Crippen LogP contribution in [0, 0.1) is 11.3 Å². The zero-order chi connectivity index (χ0) is 21.4. The Labute approximate surface area is 177 Å². The third kappa shape index (κ3) is 6.42. The number of ether oxygens (including phenoxy) is 2. The summed E-state index contributed by atoms with van der Waals surface area (Å²) in [6, 6.07) is 11.5. The van der Waals surface area contributed by atoms with Gasteiger partial charge in [-0.05, 0) is 55.0 Å². The first-order chi connectivity index (χ1) is 13.8. The van der Waals surface area contributed by atoms with Gasteiger partial charge in [0.05, 0.1) is 16.7 Å². The molecule has 0 saturated carbocycles. The van der Waals surface area contributed by atoms with Crippen molar-refractivity contribution in [2.24, 2.45) is 5.73 Å². The molecule has 29 heavy (non-hydrogen) atoms. The number of benzene rings is 2. The van der Waals surface area contributed by atoms with Crippen LogP contribution >= 0.6 is 23.2 Å². The molecule has 0 fully saturated rings. The fourth-order valence-electron chi connectivity index (χ4n) is 2.26. The average Bonchev–Trinajstić information content (AvgIpc) is 2.67. The molecule has 2 aromatic rings. The largest absolute Gasteiger partial charge is 0.494 e. The smallest absolute Gasteiger partial charge is 0.266 e. The Hall–Kier alpha value is -3.21. The van der Waals surface area contributed by atoms with Crippen molar-refractivity contribution in [1.82, 2.24) is 0 Å². The number of carbonyl (C=O) groups is 2. The third-order valence-electron chi connectivity index (χ3n) is 3.48. The van der Waals surface area contributed by atoms with Crippen LogP contribution in [0.5, 0.6) is 11.5 Å². The Morgan fingerprint density at radius 3 is 2.31 bits per heavy atom. The van der Waals surface area contributed by atoms with Gasteiger partial charge in [0, 0.05) is 5.69 Å². The van der Waals surface area contributed by atoms with Crippen molar-refractivity contribution < 1.29 is 19.1 Å². The van der Waals surface area contributed by atoms with Crippen molar-refractivity contribution in [3.63, 3.8) is 0 Å². The lowest BCUT2D eigenvalue weighted by atomic mass is 10.1. The lowest BCUT2D eigenvalue weighted by Crippen LogP contribution is -2.20. The third-order valence-corrected chi connectivity index (χ3v) is 4.04. The van der Waals surface area contributed by atoms with Gasteiger partial charge in [-0.15, -0.1) is 0 Å². The Balaban J connectivity index is 2.18. The maximum atomic E-state index is 12.4. The number of hydrogen-bond donors (Lipinski definition) is 2. The molecule has 0 aliphatic rings. The normalized spacial score (nSPS) is 10.8. The summed E-state index contributed by atoms with van der Waals surface area (Å²) in [6.07, 6.45) is 1.33. The summed E-state index contributed by atoms with van der Waals surface area (Å²) in [7, 11) is 0. The van der Waals surface area contributed by atoms with Gasteiger partial charge >= 0.3 is 0 Å². The number of anilines is 1. The minimum absolute atomic E-state index is 0.0848. The number of nitrogens with zero attached hydrogens (tertiary/aromatic N) is 1. The van der Waals surface area contributed by atoms with Crippen LogP contribution in [0.25, 0.3) is 6.08 Å². The summed E-state index contributed by atoms with van der Waals surface area (Å²) in [5.41, 5.74) is 5.78. The van der Waals surface area contributed by atoms with Gasteiger partial charge in [0.25, 0.3) is 11.8 Å². The van der Waals surface area contributed by atoms with Gasteiger partial charge in [-0.2, -0.15) is 5.26 Å². The van der Waals surface area contributed by atoms with Gasteiger partial charge < -0.3 is 20.5 Å². The molecular weight excluding hydrogens is 417 g/mol. The van der Waals surface area contributed by atoms with E-state index in [1.807, 2.05) is 13.0 Å². The predicted octanol–water partition coefficient (Wildman–Crippen LogP) is 3.80. The lowest BCUT2D eigenvalue weighted by molar-refractivity contribution is -0.120. The average molecular weight is 434 g/mol. The number of primary amides is 1. The number of amides is 2. The SMILES string of the molecule is CCOc1ccc(NC(=O)/C(C#N)=C/c2cc(Cl)c(OCC(N)=O)c(Cl)c2)cc1. The molecule has 0 spiro atoms. The topological polar surface area (TPSA) is 114 Å². The van der Waals surface area contributed by atoms with Crippen molar-refractivity contribution in [2.75, 3.05) is 18.5 Å². The summed E-state index contributed by atoms with van der Waals surface area (Å²) < 4.78 is 10.5. The van der Waals surface area contributed by atoms with E-state index in [4.69, 9.17) is 38.4 Å². The summed E-state index contributed by atoms with van der Waals surface area (Å²) in [5, 5.41) is 12.2. The molecule has 150 valence electrons. The molecule has 0 aliphatic heterocycles. The molecule has 0 atom stereocenters. The minimum Gasteiger partial charge on any atom is -0.494 e. The monoisotopic (exact) mass is 433 g/mol. The first kappa shape index (κ1) is 22.1. The molecule has 9 heteroatoms. The molecule has 7 nitrogen and oxygen atoms in total. The van der Waals surface area contributed by atoms with Crippen molar-refractivity contribution in [2.45, 2.75) is 6.92 Å². The van der Waals surface area contributed by atoms with Crippen LogP contribution in [0.3, 0.4) is 0 Å². The Morgan fingerprint density at radius 1 is 1.17 bits per heavy atom. The maximum absolute atomic E-state index is 12.4. The van der Waals surface area contributed by atoms with Crippen molar-refractivity contribution >= 4 is 46.8 Å². The van der Waals surface area contributed by atoms with E-state index in [0.717, 1.165) is 0 Å². The van der Waals surface area contributed by atoms with E-state index in [1.54, 1.807) is 24.3 Å². The molecule has 0 aromatic heterocycles. The van der Waals surface area contributed by atoms with Crippen LogP contribution in [0.1, 0.15) is 12.5 Å². The van der Waals surface area contributed by atoms with Crippen LogP contribution in [-0.2, 0) is 9.59 Å². The fraction of sp³-hybridized carbons (Fsp3) is 0.150. The number of nitrogens with one attached hydrogen (secondary N) is 1. The molecule has 0 unspecified atom stereocenters. The predicted molar refractivity (Wildman–Crippen MR) is 111 cm³/mol. The van der Waals surface area contributed by atoms with E-state index in [9.17, 15) is 14.9 Å². The number of halogens is 2. The Bertz CT molecular complexity index is 959. The molecule has 3 N–H and O–H groups in total. The van der Waals surface area contributed by atoms with Crippen LogP contribution < -0.4 is 20.5 Å². The van der Waals surface area contributed by atoms with Crippen molar-refractivity contribution in [3.8, 4) is 17.6 Å². The summed E-state index contributed by atoms with van der Waals surface area (Å²) >= 11 is 12.2. The highest BCUT2D eigenvalue weighted by Gasteiger charge is 2.13. The van der Waals surface area contributed by atoms with E-state index in [2.05, 4.69) is 5.32 Å². The lowest BCUT2D eigenvalue weighted by Gasteiger charge is -2.10. The van der Waals surface area contributed by atoms with Crippen LogP contribution in [0.4, 0.5) is 5.69 Å². The fourth-order valence-corrected chi connectivity index (χ4v) is 2.87. The van der Waals surface area contributed by atoms with Gasteiger partial charge in [-0.25, -0.2) is 0 Å². The van der Waals surface area contributed by atoms with Gasteiger partial charge in [0.15, 0.2) is 12.4 Å². The second-order valence-electron chi connectivity index (χ2n) is 5.65. The number of rotatable bonds is 8. The first-order valence-electron chi connectivity index (χ1n) is 8.40. The van der Waals surface area contributed by atoms with Crippen LogP contribution in [-0.4, -0.2) is 25.0 Å². The minimum atomic E-state index is -0.682. The number of nitrogens with two attached hydrogens (primary N) is 1. The van der Waals surface area contributed by atoms with Crippen molar-refractivity contribution in [1.29, 1.82) is 5.26 Å². The van der Waals surface area contributed by atoms with Crippen LogP contribution in [0.15, 0.2) is 42.0 Å². The molecule has 2 amide bonds. The van der Waals surface area contributed by atoms with E-state index in [-0.39, 0.29) is 28.0 Å². The standard InChI is InChI=1S/C20H17Cl2N3O4/c1-2-28-15-5-3-14(4-6-15)25-20(27)13(10-23)7-12-8-16(21)19(17(22)9-12)29-11-18(24)26/h3-9H,2,11H2,1H3,(H2,24,26)(H,25,27)/b13-7+. The number of nitriles is 1. The summed E-state index contributed by atoms with van der Waals surface area (Å²) in [5.74, 6) is -0.525. The highest BCUT2D eigenvalue weighted by Crippen LogP contribution is 2.35. The number of hydrogen-bond acceptors (Lipinski definition) is 5. The molecule has 2 aromatic carbocycles. The summed E-state index contributed by atoms with van der Waals surface area (Å²) in [4.78, 5) is 23.2. The Morgan fingerprint density at radius 2 is 1.79 bits per heavy atom. The molecule has 0 aliphatic carbocycles. The van der Waals surface area contributed by atoms with E-state index in [0.29, 0.717) is 23.6 Å². The van der Waals surface area contributed by atoms with Gasteiger partial charge in [-0.1, -0.05) is 23.2 Å². The molecule has 0 radical (unpaired) electrons. The van der Waals surface area contributed by atoms with Gasteiger partial charge in [-0.3, -0.25) is 9.59 Å². The van der Waals surface area contributed by atoms with E-state index < -0.39 is 11.8 Å². The molecular formula is C20H17Cl2N3O4. The second-order valence-corrected chi connectivity index (χ2v) is 6.46. The Kier molecular flexibility index (Phi) is 7.89. The van der Waals surface area contributed by atoms with Crippen LogP contribution in [0.2, 0.25) is 10.0 Å². The molecule has 0 bridgehead atoms. The highest BCUT2D eigenvalue weighted by molar-refractivity contribution is 6.37. The zero-order valence-electron chi connectivity index (χ0n) is 15.4. The van der Waals surface area contributed by atoms with Crippen molar-refractivity contribution in [3.05, 3.63) is 57.6 Å². The zero-order valence-corrected chi connectivity index (χ0v) is 16.9. The second kappa shape index (κ2) is 10.4. The van der Waals surface area contributed by atoms with Gasteiger partial charge in [0.1, 0.15) is 17.4 Å². The van der Waals surface area contributed by atoms with E-state index in [1.165, 1.54) is 18.2 Å². The highest BCUT2D eigenvalue weighted by atomic mass is 35.5. The first-order valence-corrected chi connectivity index (χ1v) is 9.15. The molecule has 0 heterocycles. The number of carbonyl (C=O) groups excluding carboxylic acids is 2.